The van der Waals surface area contributed by atoms with Gasteiger partial charge in [-0.05, 0) is 42.3 Å². The summed E-state index contributed by atoms with van der Waals surface area (Å²) in [6.45, 7) is 0.327. The summed E-state index contributed by atoms with van der Waals surface area (Å²) in [4.78, 5) is 24.5. The van der Waals surface area contributed by atoms with E-state index in [4.69, 9.17) is 9.47 Å². The highest BCUT2D eigenvalue weighted by atomic mass is 19.1. The quantitative estimate of drug-likeness (QED) is 0.784. The van der Waals surface area contributed by atoms with Crippen molar-refractivity contribution in [3.05, 3.63) is 53.8 Å². The van der Waals surface area contributed by atoms with Gasteiger partial charge in [-0.3, -0.25) is 9.59 Å². The number of ether oxygens (including phenoxy) is 2. The van der Waals surface area contributed by atoms with Crippen LogP contribution in [0.3, 0.4) is 0 Å². The molecule has 2 amide bonds. The van der Waals surface area contributed by atoms with E-state index in [0.717, 1.165) is 5.56 Å². The van der Waals surface area contributed by atoms with E-state index in [1.165, 1.54) is 18.2 Å². The number of halogens is 1. The molecule has 6 nitrogen and oxygen atoms in total. The molecule has 0 heterocycles. The van der Waals surface area contributed by atoms with Crippen molar-refractivity contribution in [2.75, 3.05) is 19.5 Å². The number of amides is 2. The van der Waals surface area contributed by atoms with Crippen LogP contribution in [0.2, 0.25) is 0 Å². The molecule has 1 aliphatic carbocycles. The summed E-state index contributed by atoms with van der Waals surface area (Å²) in [6.07, 6.45) is 0.485. The molecule has 1 aliphatic rings. The first-order valence-corrected chi connectivity index (χ1v) is 8.57. The molecule has 2 aromatic carbocycles. The minimum atomic E-state index is -0.423. The van der Waals surface area contributed by atoms with Crippen molar-refractivity contribution in [1.82, 2.24) is 5.32 Å². The molecule has 27 heavy (non-hydrogen) atoms. The summed E-state index contributed by atoms with van der Waals surface area (Å²) in [7, 11) is 3.10. The van der Waals surface area contributed by atoms with Crippen LogP contribution in [0.1, 0.15) is 12.0 Å². The smallest absolute Gasteiger partial charge is 0.228 e. The monoisotopic (exact) mass is 372 g/mol. The molecular weight excluding hydrogens is 351 g/mol. The molecule has 0 spiro atoms. The third-order valence-electron chi connectivity index (χ3n) is 4.47. The third kappa shape index (κ3) is 4.55. The molecule has 2 aromatic rings. The summed E-state index contributed by atoms with van der Waals surface area (Å²) in [5, 5.41) is 5.47. The second-order valence-corrected chi connectivity index (χ2v) is 6.36. The average molecular weight is 372 g/mol. The summed E-state index contributed by atoms with van der Waals surface area (Å²) in [5.41, 5.74) is 1.25. The Hall–Kier alpha value is -3.09. The Bertz CT molecular complexity index is 856. The van der Waals surface area contributed by atoms with E-state index < -0.39 is 11.7 Å². The lowest BCUT2D eigenvalue weighted by Gasteiger charge is -2.10. The first kappa shape index (κ1) is 18.7. The molecule has 7 heteroatoms. The number of carbonyl (C=O) groups excluding carboxylic acids is 2. The van der Waals surface area contributed by atoms with Gasteiger partial charge < -0.3 is 20.1 Å². The molecule has 0 aliphatic heterocycles. The molecule has 142 valence electrons. The van der Waals surface area contributed by atoms with Crippen molar-refractivity contribution in [3.8, 4) is 11.5 Å². The van der Waals surface area contributed by atoms with Gasteiger partial charge in [0.05, 0.1) is 26.1 Å². The number of rotatable bonds is 7. The zero-order chi connectivity index (χ0) is 19.4. The van der Waals surface area contributed by atoms with E-state index in [2.05, 4.69) is 10.6 Å². The van der Waals surface area contributed by atoms with Gasteiger partial charge in [-0.25, -0.2) is 4.39 Å². The lowest BCUT2D eigenvalue weighted by Crippen LogP contribution is -2.27. The van der Waals surface area contributed by atoms with Crippen LogP contribution in [0.4, 0.5) is 10.1 Å². The van der Waals surface area contributed by atoms with Crippen LogP contribution >= 0.6 is 0 Å². The normalized spacial score (nSPS) is 17.7. The van der Waals surface area contributed by atoms with Gasteiger partial charge in [0.15, 0.2) is 11.5 Å². The standard InChI is InChI=1S/C20H21FN2O4/c1-26-17-7-6-12(8-18(17)27-2)11-22-19(24)15-10-16(15)20(25)23-14-5-3-4-13(21)9-14/h3-9,15-16H,10-11H2,1-2H3,(H,22,24)(H,23,25). The molecule has 2 unspecified atom stereocenters. The Morgan fingerprint density at radius 3 is 2.48 bits per heavy atom. The molecule has 1 fully saturated rings. The maximum absolute atomic E-state index is 13.2. The fourth-order valence-corrected chi connectivity index (χ4v) is 2.89. The van der Waals surface area contributed by atoms with Crippen molar-refractivity contribution in [1.29, 1.82) is 0 Å². The lowest BCUT2D eigenvalue weighted by atomic mass is 10.2. The van der Waals surface area contributed by atoms with Crippen molar-refractivity contribution in [2.24, 2.45) is 11.8 Å². The summed E-state index contributed by atoms with van der Waals surface area (Å²) in [6, 6.07) is 11.1. The largest absolute Gasteiger partial charge is 0.493 e. The average Bonchev–Trinajstić information content (AvgIpc) is 3.47. The minimum Gasteiger partial charge on any atom is -0.493 e. The Kier molecular flexibility index (Phi) is 5.59. The van der Waals surface area contributed by atoms with Gasteiger partial charge in [0, 0.05) is 12.2 Å². The molecular formula is C20H21FN2O4. The van der Waals surface area contributed by atoms with Gasteiger partial charge in [0.2, 0.25) is 11.8 Å². The number of benzene rings is 2. The van der Waals surface area contributed by atoms with Crippen LogP contribution in [0.25, 0.3) is 0 Å². The molecule has 3 rings (SSSR count). The topological polar surface area (TPSA) is 76.7 Å². The highest BCUT2D eigenvalue weighted by Gasteiger charge is 2.47. The lowest BCUT2D eigenvalue weighted by molar-refractivity contribution is -0.125. The summed E-state index contributed by atoms with van der Waals surface area (Å²) in [5.74, 6) is -0.423. The number of hydrogen-bond donors (Lipinski definition) is 2. The van der Waals surface area contributed by atoms with E-state index in [1.807, 2.05) is 6.07 Å². The van der Waals surface area contributed by atoms with Crippen LogP contribution in [0.5, 0.6) is 11.5 Å². The van der Waals surface area contributed by atoms with E-state index in [9.17, 15) is 14.0 Å². The number of carbonyl (C=O) groups is 2. The van der Waals surface area contributed by atoms with Gasteiger partial charge in [0.25, 0.3) is 0 Å². The van der Waals surface area contributed by atoms with Crippen molar-refractivity contribution in [3.63, 3.8) is 0 Å². The predicted molar refractivity (Wildman–Crippen MR) is 98.0 cm³/mol. The molecule has 2 N–H and O–H groups in total. The minimum absolute atomic E-state index is 0.177. The Morgan fingerprint density at radius 2 is 1.78 bits per heavy atom. The summed E-state index contributed by atoms with van der Waals surface area (Å²) < 4.78 is 23.6. The van der Waals surface area contributed by atoms with Gasteiger partial charge >= 0.3 is 0 Å². The molecule has 2 atom stereocenters. The maximum Gasteiger partial charge on any atom is 0.228 e. The van der Waals surface area contributed by atoms with E-state index in [-0.39, 0.29) is 17.7 Å². The number of anilines is 1. The van der Waals surface area contributed by atoms with Gasteiger partial charge in [0.1, 0.15) is 5.82 Å². The second kappa shape index (κ2) is 8.07. The zero-order valence-electron chi connectivity index (χ0n) is 15.1. The molecule has 0 saturated heterocycles. The van der Waals surface area contributed by atoms with Crippen LogP contribution in [0, 0.1) is 17.7 Å². The summed E-state index contributed by atoms with van der Waals surface area (Å²) >= 11 is 0. The number of methoxy groups -OCH3 is 2. The zero-order valence-corrected chi connectivity index (χ0v) is 15.1. The Balaban J connectivity index is 1.50. The molecule has 0 bridgehead atoms. The van der Waals surface area contributed by atoms with Crippen LogP contribution < -0.4 is 20.1 Å². The third-order valence-corrected chi connectivity index (χ3v) is 4.47. The van der Waals surface area contributed by atoms with Crippen molar-refractivity contribution in [2.45, 2.75) is 13.0 Å². The van der Waals surface area contributed by atoms with Gasteiger partial charge in [-0.1, -0.05) is 12.1 Å². The van der Waals surface area contributed by atoms with Crippen LogP contribution in [0.15, 0.2) is 42.5 Å². The van der Waals surface area contributed by atoms with Crippen LogP contribution in [-0.4, -0.2) is 26.0 Å². The Morgan fingerprint density at radius 1 is 1.04 bits per heavy atom. The van der Waals surface area contributed by atoms with Crippen molar-refractivity contribution >= 4 is 17.5 Å². The molecule has 0 radical (unpaired) electrons. The first-order chi connectivity index (χ1) is 13.0. The molecule has 0 aromatic heterocycles. The van der Waals surface area contributed by atoms with E-state index >= 15 is 0 Å². The second-order valence-electron chi connectivity index (χ2n) is 6.36. The SMILES string of the molecule is COc1ccc(CNC(=O)C2CC2C(=O)Nc2cccc(F)c2)cc1OC. The predicted octanol–water partition coefficient (Wildman–Crippen LogP) is 2.73. The van der Waals surface area contributed by atoms with Gasteiger partial charge in [-0.2, -0.15) is 0 Å². The van der Waals surface area contributed by atoms with E-state index in [1.54, 1.807) is 32.4 Å². The number of nitrogens with one attached hydrogen (secondary N) is 2. The molecule has 1 saturated carbocycles. The highest BCUT2D eigenvalue weighted by Crippen LogP contribution is 2.39. The van der Waals surface area contributed by atoms with Crippen molar-refractivity contribution < 1.29 is 23.5 Å². The first-order valence-electron chi connectivity index (χ1n) is 8.57. The number of hydrogen-bond acceptors (Lipinski definition) is 4. The highest BCUT2D eigenvalue weighted by molar-refractivity contribution is 5.99. The Labute approximate surface area is 156 Å². The van der Waals surface area contributed by atoms with Crippen LogP contribution in [-0.2, 0) is 16.1 Å². The fourth-order valence-electron chi connectivity index (χ4n) is 2.89. The van der Waals surface area contributed by atoms with E-state index in [0.29, 0.717) is 30.2 Å². The fraction of sp³-hybridized carbons (Fsp3) is 0.300. The van der Waals surface area contributed by atoms with Gasteiger partial charge in [-0.15, -0.1) is 0 Å². The maximum atomic E-state index is 13.2.